The first-order valence-corrected chi connectivity index (χ1v) is 9.82. The number of ether oxygens (including phenoxy) is 2. The molecule has 0 aliphatic rings. The molecule has 1 aromatic heterocycles. The van der Waals surface area contributed by atoms with E-state index in [9.17, 15) is 9.59 Å². The topological polar surface area (TPSA) is 52.6 Å². The number of esters is 2. The Hall–Kier alpha value is -2.92. The Labute approximate surface area is 168 Å². The molecule has 144 valence electrons. The van der Waals surface area contributed by atoms with Crippen LogP contribution in [0, 0.1) is 0 Å². The summed E-state index contributed by atoms with van der Waals surface area (Å²) in [6, 6.07) is 12.1. The van der Waals surface area contributed by atoms with Crippen LogP contribution in [0.15, 0.2) is 60.7 Å². The number of fused-ring (bicyclic) bond motifs is 3. The number of hydrogen-bond acceptors (Lipinski definition) is 5. The lowest BCUT2D eigenvalue weighted by atomic mass is 10.1. The number of carbonyl (C=O) groups excluding carboxylic acids is 2. The van der Waals surface area contributed by atoms with Crippen molar-refractivity contribution < 1.29 is 19.1 Å². The molecule has 0 aliphatic carbocycles. The summed E-state index contributed by atoms with van der Waals surface area (Å²) in [5.41, 5.74) is 1.98. The predicted molar refractivity (Wildman–Crippen MR) is 114 cm³/mol. The van der Waals surface area contributed by atoms with Crippen molar-refractivity contribution in [2.75, 3.05) is 6.61 Å². The van der Waals surface area contributed by atoms with E-state index < -0.39 is 5.97 Å². The van der Waals surface area contributed by atoms with Crippen LogP contribution in [0.2, 0.25) is 0 Å². The Morgan fingerprint density at radius 3 is 2.25 bits per heavy atom. The zero-order valence-electron chi connectivity index (χ0n) is 16.0. The number of aryl methyl sites for hydroxylation is 1. The van der Waals surface area contributed by atoms with Crippen LogP contribution in [0.25, 0.3) is 20.2 Å². The van der Waals surface area contributed by atoms with Crippen molar-refractivity contribution >= 4 is 43.4 Å². The van der Waals surface area contributed by atoms with Crippen LogP contribution in [0.4, 0.5) is 0 Å². The average molecular weight is 394 g/mol. The largest absolute Gasteiger partial charge is 0.462 e. The van der Waals surface area contributed by atoms with Gasteiger partial charge >= 0.3 is 11.9 Å². The van der Waals surface area contributed by atoms with Gasteiger partial charge in [-0.25, -0.2) is 9.59 Å². The Bertz CT molecular complexity index is 1090. The van der Waals surface area contributed by atoms with E-state index in [1.165, 1.54) is 15.6 Å². The second kappa shape index (κ2) is 8.40. The van der Waals surface area contributed by atoms with Gasteiger partial charge in [-0.1, -0.05) is 25.3 Å². The van der Waals surface area contributed by atoms with Crippen molar-refractivity contribution in [3.05, 3.63) is 66.3 Å². The lowest BCUT2D eigenvalue weighted by molar-refractivity contribution is -0.139. The van der Waals surface area contributed by atoms with Gasteiger partial charge in [0.25, 0.3) is 0 Å². The highest BCUT2D eigenvalue weighted by atomic mass is 32.1. The van der Waals surface area contributed by atoms with Gasteiger partial charge in [0.2, 0.25) is 0 Å². The highest BCUT2D eigenvalue weighted by molar-refractivity contribution is 7.25. The van der Waals surface area contributed by atoms with Crippen molar-refractivity contribution in [2.45, 2.75) is 26.7 Å². The van der Waals surface area contributed by atoms with E-state index in [2.05, 4.69) is 31.4 Å². The second-order valence-corrected chi connectivity index (χ2v) is 7.86. The third kappa shape index (κ3) is 4.49. The lowest BCUT2D eigenvalue weighted by Crippen LogP contribution is -2.07. The quantitative estimate of drug-likeness (QED) is 0.227. The molecule has 0 amide bonds. The maximum atomic E-state index is 11.7. The van der Waals surface area contributed by atoms with E-state index >= 15 is 0 Å². The molecule has 0 spiro atoms. The zero-order valence-corrected chi connectivity index (χ0v) is 16.9. The summed E-state index contributed by atoms with van der Waals surface area (Å²) in [6.45, 7) is 10.8. The highest BCUT2D eigenvalue weighted by Crippen LogP contribution is 2.36. The molecule has 28 heavy (non-hydrogen) atoms. The molecule has 0 aliphatic heterocycles. The van der Waals surface area contributed by atoms with Gasteiger partial charge in [0, 0.05) is 31.3 Å². The number of rotatable bonds is 7. The Morgan fingerprint density at radius 1 is 0.929 bits per heavy atom. The fourth-order valence-corrected chi connectivity index (χ4v) is 3.98. The molecular formula is C23H22O4S. The van der Waals surface area contributed by atoms with Crippen molar-refractivity contribution in [1.82, 2.24) is 0 Å². The van der Waals surface area contributed by atoms with Gasteiger partial charge in [-0.3, -0.25) is 0 Å². The van der Waals surface area contributed by atoms with E-state index in [1.807, 2.05) is 12.1 Å². The summed E-state index contributed by atoms with van der Waals surface area (Å²) < 4.78 is 12.7. The van der Waals surface area contributed by atoms with Crippen molar-refractivity contribution in [3.63, 3.8) is 0 Å². The minimum Gasteiger partial charge on any atom is -0.462 e. The Kier molecular flexibility index (Phi) is 5.95. The minimum absolute atomic E-state index is 0.344. The molecule has 0 atom stereocenters. The van der Waals surface area contributed by atoms with Crippen LogP contribution in [-0.2, 0) is 20.7 Å². The molecule has 0 bridgehead atoms. The summed E-state index contributed by atoms with van der Waals surface area (Å²) in [6.07, 6.45) is 1.59. The lowest BCUT2D eigenvalue weighted by Gasteiger charge is -2.05. The highest BCUT2D eigenvalue weighted by Gasteiger charge is 2.10. The summed E-state index contributed by atoms with van der Waals surface area (Å²) >= 11 is 1.66. The molecular weight excluding hydrogens is 372 g/mol. The molecule has 0 fully saturated rings. The van der Waals surface area contributed by atoms with Crippen LogP contribution in [0.3, 0.4) is 0 Å². The third-order valence-electron chi connectivity index (χ3n) is 4.26. The van der Waals surface area contributed by atoms with Gasteiger partial charge in [0.15, 0.2) is 0 Å². The molecule has 3 rings (SSSR count). The minimum atomic E-state index is -0.421. The van der Waals surface area contributed by atoms with Gasteiger partial charge in [-0.2, -0.15) is 0 Å². The Balaban J connectivity index is 1.73. The average Bonchev–Trinajstić information content (AvgIpc) is 3.01. The zero-order chi connectivity index (χ0) is 20.3. The van der Waals surface area contributed by atoms with E-state index in [0.717, 1.165) is 22.9 Å². The molecule has 1 heterocycles. The summed E-state index contributed by atoms with van der Waals surface area (Å²) in [4.78, 5) is 23.1. The van der Waals surface area contributed by atoms with E-state index in [1.54, 1.807) is 31.3 Å². The molecule has 0 unspecified atom stereocenters. The molecule has 0 radical (unpaired) electrons. The van der Waals surface area contributed by atoms with Crippen LogP contribution in [0.5, 0.6) is 5.75 Å². The van der Waals surface area contributed by atoms with Crippen molar-refractivity contribution in [3.8, 4) is 5.75 Å². The number of thiophene rings is 1. The first-order chi connectivity index (χ1) is 13.3. The van der Waals surface area contributed by atoms with Gasteiger partial charge in [0.1, 0.15) is 5.75 Å². The number of carbonyl (C=O) groups is 2. The molecule has 3 aromatic rings. The second-order valence-electron chi connectivity index (χ2n) is 6.78. The van der Waals surface area contributed by atoms with Crippen LogP contribution in [-0.4, -0.2) is 18.5 Å². The maximum Gasteiger partial charge on any atom is 0.338 e. The third-order valence-corrected chi connectivity index (χ3v) is 5.37. The molecule has 4 nitrogen and oxygen atoms in total. The monoisotopic (exact) mass is 394 g/mol. The summed E-state index contributed by atoms with van der Waals surface area (Å²) in [5, 5.41) is 2.31. The standard InChI is InChI=1S/C23H22O4S/c1-14(2)22(24)26-11-5-6-16-7-9-18-19-10-8-17(27-23(25)15(3)4)13-21(19)28-20(18)12-16/h7-10,12-13H,1,3,5-6,11H2,2,4H3. The van der Waals surface area contributed by atoms with Gasteiger partial charge in [-0.15, -0.1) is 11.3 Å². The fraction of sp³-hybridized carbons (Fsp3) is 0.217. The first kappa shape index (κ1) is 19.8. The van der Waals surface area contributed by atoms with Gasteiger partial charge in [-0.05, 0) is 56.5 Å². The van der Waals surface area contributed by atoms with Crippen LogP contribution >= 0.6 is 11.3 Å². The van der Waals surface area contributed by atoms with E-state index in [0.29, 0.717) is 23.5 Å². The molecule has 0 saturated carbocycles. The summed E-state index contributed by atoms with van der Waals surface area (Å²) in [7, 11) is 0. The fourth-order valence-electron chi connectivity index (χ4n) is 2.78. The summed E-state index contributed by atoms with van der Waals surface area (Å²) in [5.74, 6) is -0.246. The number of hydrogen-bond donors (Lipinski definition) is 0. The van der Waals surface area contributed by atoms with Gasteiger partial charge < -0.3 is 9.47 Å². The molecule has 2 aromatic carbocycles. The van der Waals surface area contributed by atoms with E-state index in [-0.39, 0.29) is 5.97 Å². The smallest absolute Gasteiger partial charge is 0.338 e. The van der Waals surface area contributed by atoms with Crippen molar-refractivity contribution in [2.24, 2.45) is 0 Å². The van der Waals surface area contributed by atoms with E-state index in [4.69, 9.17) is 9.47 Å². The SMILES string of the molecule is C=C(C)C(=O)OCCCc1ccc2c(c1)sc1cc(OC(=O)C(=C)C)ccc12. The van der Waals surface area contributed by atoms with Gasteiger partial charge in [0.05, 0.1) is 6.61 Å². The normalized spacial score (nSPS) is 10.8. The predicted octanol–water partition coefficient (Wildman–Crippen LogP) is 5.59. The van der Waals surface area contributed by atoms with Crippen LogP contribution in [0.1, 0.15) is 25.8 Å². The molecule has 0 saturated heterocycles. The van der Waals surface area contributed by atoms with Crippen LogP contribution < -0.4 is 4.74 Å². The first-order valence-electron chi connectivity index (χ1n) is 9.00. The number of benzene rings is 2. The molecule has 0 N–H and O–H groups in total. The van der Waals surface area contributed by atoms with Crippen molar-refractivity contribution in [1.29, 1.82) is 0 Å². The Morgan fingerprint density at radius 2 is 1.57 bits per heavy atom. The molecule has 5 heteroatoms. The maximum absolute atomic E-state index is 11.7.